The zero-order valence-corrected chi connectivity index (χ0v) is 15.6. The van der Waals surface area contributed by atoms with Crippen LogP contribution in [0.5, 0.6) is 0 Å². The molecule has 3 amide bonds. The molecular weight excluding hydrogens is 338 g/mol. The minimum absolute atomic E-state index is 0.215. The highest BCUT2D eigenvalue weighted by molar-refractivity contribution is 5.93. The van der Waals surface area contributed by atoms with Crippen LogP contribution in [0.2, 0.25) is 0 Å². The molecule has 0 saturated heterocycles. The fourth-order valence-electron chi connectivity index (χ4n) is 2.05. The van der Waals surface area contributed by atoms with E-state index in [2.05, 4.69) is 16.0 Å². The second kappa shape index (κ2) is 11.1. The monoisotopic (exact) mass is 365 g/mol. The van der Waals surface area contributed by atoms with Crippen molar-refractivity contribution in [2.24, 2.45) is 5.92 Å². The van der Waals surface area contributed by atoms with Gasteiger partial charge < -0.3 is 25.4 Å². The van der Waals surface area contributed by atoms with Gasteiger partial charge in [-0.1, -0.05) is 32.0 Å². The van der Waals surface area contributed by atoms with Crippen molar-refractivity contribution in [1.82, 2.24) is 10.6 Å². The maximum atomic E-state index is 12.3. The summed E-state index contributed by atoms with van der Waals surface area (Å²) in [6.07, 6.45) is -0.973. The molecule has 0 aliphatic rings. The SMILES string of the molecule is COCCNC(=O)[C@@H](C)OC(=O)[C@@H](NC(=O)Nc1ccccc1)C(C)C. The van der Waals surface area contributed by atoms with Crippen molar-refractivity contribution in [2.75, 3.05) is 25.6 Å². The lowest BCUT2D eigenvalue weighted by atomic mass is 10.0. The Morgan fingerprint density at radius 3 is 2.31 bits per heavy atom. The Labute approximate surface area is 153 Å². The number of rotatable bonds is 9. The smallest absolute Gasteiger partial charge is 0.329 e. The molecule has 0 bridgehead atoms. The van der Waals surface area contributed by atoms with Crippen LogP contribution in [0, 0.1) is 5.92 Å². The number of esters is 1. The van der Waals surface area contributed by atoms with Gasteiger partial charge in [-0.2, -0.15) is 0 Å². The molecule has 0 heterocycles. The number of ether oxygens (including phenoxy) is 2. The molecule has 0 spiro atoms. The number of methoxy groups -OCH3 is 1. The van der Waals surface area contributed by atoms with Crippen molar-refractivity contribution in [1.29, 1.82) is 0 Å². The largest absolute Gasteiger partial charge is 0.451 e. The van der Waals surface area contributed by atoms with Crippen molar-refractivity contribution in [2.45, 2.75) is 32.9 Å². The van der Waals surface area contributed by atoms with Gasteiger partial charge in [-0.25, -0.2) is 9.59 Å². The highest BCUT2D eigenvalue weighted by atomic mass is 16.5. The van der Waals surface area contributed by atoms with Crippen LogP contribution in [-0.2, 0) is 19.1 Å². The van der Waals surface area contributed by atoms with Crippen molar-refractivity contribution in [3.63, 3.8) is 0 Å². The molecule has 8 heteroatoms. The van der Waals surface area contributed by atoms with Gasteiger partial charge in [-0.05, 0) is 25.0 Å². The Hall–Kier alpha value is -2.61. The molecule has 2 atom stereocenters. The summed E-state index contributed by atoms with van der Waals surface area (Å²) in [6, 6.07) is 7.46. The minimum atomic E-state index is -0.973. The van der Waals surface area contributed by atoms with E-state index in [9.17, 15) is 14.4 Å². The zero-order valence-electron chi connectivity index (χ0n) is 15.6. The number of carbonyl (C=O) groups excluding carboxylic acids is 3. The van der Waals surface area contributed by atoms with E-state index >= 15 is 0 Å². The Balaban J connectivity index is 2.58. The summed E-state index contributed by atoms with van der Waals surface area (Å²) in [4.78, 5) is 36.3. The van der Waals surface area contributed by atoms with E-state index in [1.54, 1.807) is 38.1 Å². The van der Waals surface area contributed by atoms with Crippen LogP contribution in [0.1, 0.15) is 20.8 Å². The van der Waals surface area contributed by atoms with Gasteiger partial charge in [-0.15, -0.1) is 0 Å². The normalized spacial score (nSPS) is 12.8. The van der Waals surface area contributed by atoms with E-state index in [-0.39, 0.29) is 5.92 Å². The summed E-state index contributed by atoms with van der Waals surface area (Å²) >= 11 is 0. The highest BCUT2D eigenvalue weighted by Gasteiger charge is 2.28. The number of benzene rings is 1. The second-order valence-corrected chi connectivity index (χ2v) is 6.05. The number of anilines is 1. The average Bonchev–Trinajstić information content (AvgIpc) is 2.60. The van der Waals surface area contributed by atoms with Gasteiger partial charge in [0.05, 0.1) is 6.61 Å². The number of nitrogens with one attached hydrogen (secondary N) is 3. The molecule has 0 radical (unpaired) electrons. The van der Waals surface area contributed by atoms with E-state index in [4.69, 9.17) is 9.47 Å². The molecule has 3 N–H and O–H groups in total. The van der Waals surface area contributed by atoms with Crippen LogP contribution in [0.25, 0.3) is 0 Å². The molecule has 144 valence electrons. The fraction of sp³-hybridized carbons (Fsp3) is 0.500. The predicted octanol–water partition coefficient (Wildman–Crippen LogP) is 1.53. The van der Waals surface area contributed by atoms with Crippen LogP contribution >= 0.6 is 0 Å². The summed E-state index contributed by atoms with van der Waals surface area (Å²) in [7, 11) is 1.52. The van der Waals surface area contributed by atoms with E-state index in [0.717, 1.165) is 0 Å². The summed E-state index contributed by atoms with van der Waals surface area (Å²) in [5.74, 6) is -1.31. The average molecular weight is 365 g/mol. The van der Waals surface area contributed by atoms with Crippen molar-refractivity contribution in [3.05, 3.63) is 30.3 Å². The van der Waals surface area contributed by atoms with Crippen LogP contribution < -0.4 is 16.0 Å². The molecule has 1 rings (SSSR count). The van der Waals surface area contributed by atoms with E-state index in [1.807, 2.05) is 6.07 Å². The van der Waals surface area contributed by atoms with Gasteiger partial charge in [0.2, 0.25) is 0 Å². The quantitative estimate of drug-likeness (QED) is 0.455. The van der Waals surface area contributed by atoms with E-state index < -0.39 is 30.1 Å². The minimum Gasteiger partial charge on any atom is -0.451 e. The van der Waals surface area contributed by atoms with Gasteiger partial charge in [0.15, 0.2) is 6.10 Å². The fourth-order valence-corrected chi connectivity index (χ4v) is 2.05. The first kappa shape index (κ1) is 21.4. The third-order valence-corrected chi connectivity index (χ3v) is 3.51. The number of amides is 3. The second-order valence-electron chi connectivity index (χ2n) is 6.05. The number of para-hydroxylation sites is 1. The zero-order chi connectivity index (χ0) is 19.5. The highest BCUT2D eigenvalue weighted by Crippen LogP contribution is 2.08. The van der Waals surface area contributed by atoms with E-state index in [0.29, 0.717) is 18.8 Å². The third-order valence-electron chi connectivity index (χ3n) is 3.51. The molecule has 0 unspecified atom stereocenters. The first-order valence-corrected chi connectivity index (χ1v) is 8.44. The molecule has 1 aromatic rings. The maximum Gasteiger partial charge on any atom is 0.329 e. The van der Waals surface area contributed by atoms with Gasteiger partial charge in [0.1, 0.15) is 6.04 Å². The van der Waals surface area contributed by atoms with Crippen LogP contribution in [0.3, 0.4) is 0 Å². The number of hydrogen-bond donors (Lipinski definition) is 3. The van der Waals surface area contributed by atoms with Crippen LogP contribution in [-0.4, -0.2) is 50.3 Å². The number of hydrogen-bond acceptors (Lipinski definition) is 5. The lowest BCUT2D eigenvalue weighted by Crippen LogP contribution is -2.49. The first-order chi connectivity index (χ1) is 12.3. The Bertz CT molecular complexity index is 592. The van der Waals surface area contributed by atoms with E-state index in [1.165, 1.54) is 14.0 Å². The molecular formula is C18H27N3O5. The number of carbonyl (C=O) groups is 3. The standard InChI is InChI=1S/C18H27N3O5/c1-12(2)15(21-18(24)20-14-8-6-5-7-9-14)17(23)26-13(3)16(22)19-10-11-25-4/h5-9,12-13,15H,10-11H2,1-4H3,(H,19,22)(H2,20,21,24)/t13-,15+/m1/s1. The predicted molar refractivity (Wildman–Crippen MR) is 97.7 cm³/mol. The Kier molecular flexibility index (Phi) is 9.14. The van der Waals surface area contributed by atoms with Gasteiger partial charge in [0, 0.05) is 19.3 Å². The lowest BCUT2D eigenvalue weighted by molar-refractivity contribution is -0.157. The molecule has 0 aliphatic carbocycles. The third kappa shape index (κ3) is 7.52. The summed E-state index contributed by atoms with van der Waals surface area (Å²) in [6.45, 7) is 5.71. The van der Waals surface area contributed by atoms with Crippen LogP contribution in [0.15, 0.2) is 30.3 Å². The first-order valence-electron chi connectivity index (χ1n) is 8.44. The molecule has 0 aliphatic heterocycles. The molecule has 0 fully saturated rings. The molecule has 8 nitrogen and oxygen atoms in total. The Morgan fingerprint density at radius 2 is 1.73 bits per heavy atom. The summed E-state index contributed by atoms with van der Waals surface area (Å²) in [5, 5.41) is 7.82. The summed E-state index contributed by atoms with van der Waals surface area (Å²) < 4.78 is 10.0. The van der Waals surface area contributed by atoms with Gasteiger partial charge >= 0.3 is 12.0 Å². The topological polar surface area (TPSA) is 106 Å². The molecule has 26 heavy (non-hydrogen) atoms. The Morgan fingerprint density at radius 1 is 1.08 bits per heavy atom. The van der Waals surface area contributed by atoms with Crippen molar-refractivity contribution < 1.29 is 23.9 Å². The number of urea groups is 1. The summed E-state index contributed by atoms with van der Waals surface area (Å²) in [5.41, 5.74) is 0.603. The van der Waals surface area contributed by atoms with Crippen LogP contribution in [0.4, 0.5) is 10.5 Å². The lowest BCUT2D eigenvalue weighted by Gasteiger charge is -2.23. The maximum absolute atomic E-state index is 12.3. The van der Waals surface area contributed by atoms with Gasteiger partial charge in [-0.3, -0.25) is 4.79 Å². The molecule has 0 saturated carbocycles. The van der Waals surface area contributed by atoms with Crippen molar-refractivity contribution >= 4 is 23.6 Å². The van der Waals surface area contributed by atoms with Crippen molar-refractivity contribution in [3.8, 4) is 0 Å². The molecule has 1 aromatic carbocycles. The molecule has 0 aromatic heterocycles. The van der Waals surface area contributed by atoms with Gasteiger partial charge in [0.25, 0.3) is 5.91 Å².